The fraction of sp³-hybridized carbons (Fsp3) is 0.655. The van der Waals surface area contributed by atoms with E-state index in [0.717, 1.165) is 75.3 Å². The normalized spacial score (nSPS) is 13.7. The van der Waals surface area contributed by atoms with E-state index in [4.69, 9.17) is 47.4 Å². The van der Waals surface area contributed by atoms with E-state index in [9.17, 15) is 19.8 Å². The molecule has 2 atom stereocenters. The second-order valence-corrected chi connectivity index (χ2v) is 17.5. The van der Waals surface area contributed by atoms with Gasteiger partial charge in [-0.3, -0.25) is 0 Å². The Kier molecular flexibility index (Phi) is 28.4. The molecule has 0 amide bonds. The van der Waals surface area contributed by atoms with Crippen LogP contribution in [0.5, 0.6) is 11.5 Å². The summed E-state index contributed by atoms with van der Waals surface area (Å²) in [5, 5.41) is 23.2. The lowest BCUT2D eigenvalue weighted by Gasteiger charge is -2.51. The van der Waals surface area contributed by atoms with Gasteiger partial charge in [0.25, 0.3) is 0 Å². The Morgan fingerprint density at radius 3 is 0.931 bits per heavy atom. The molecule has 0 bridgehead atoms. The molecule has 0 spiro atoms. The van der Waals surface area contributed by atoms with Crippen molar-refractivity contribution in [2.75, 3.05) is 52.9 Å². The van der Waals surface area contributed by atoms with Crippen molar-refractivity contribution in [3.8, 4) is 11.5 Å². The van der Waals surface area contributed by atoms with Gasteiger partial charge in [-0.1, -0.05) is 127 Å². The standard InChI is InChI=1S/C58H90O14/c1-11-21-23-25-27-29-31-37-45-39-33-35-41-49(45)71-55(63-13-3,57(65-15-5,66-16-6)67-17-7)51-47(53(59)60)43-44-48(54(61)62)52(51)56(64-14-4,58(68-18-8,69-19-9)70-20-10)72-50-42-36-34-40-46(50)38-32-30-28-26-24-22-12-2/h33-36,39-44H,11-32,37-38H2,1-10H3,(H,59,60)(H,61,62). The Morgan fingerprint density at radius 1 is 0.375 bits per heavy atom. The third kappa shape index (κ3) is 15.7. The van der Waals surface area contributed by atoms with E-state index in [1.165, 1.54) is 37.8 Å². The van der Waals surface area contributed by atoms with E-state index >= 15 is 0 Å². The van der Waals surface area contributed by atoms with E-state index in [1.807, 2.05) is 24.3 Å². The number of hydrogen-bond acceptors (Lipinski definition) is 12. The minimum atomic E-state index is -2.66. The van der Waals surface area contributed by atoms with Crippen molar-refractivity contribution >= 4 is 11.9 Å². The Bertz CT molecular complexity index is 1830. The van der Waals surface area contributed by atoms with Gasteiger partial charge in [0.1, 0.15) is 11.5 Å². The highest BCUT2D eigenvalue weighted by Gasteiger charge is 2.70. The zero-order valence-electron chi connectivity index (χ0n) is 45.5. The molecular formula is C58H90O14. The van der Waals surface area contributed by atoms with E-state index in [0.29, 0.717) is 12.8 Å². The van der Waals surface area contributed by atoms with Gasteiger partial charge >= 0.3 is 35.5 Å². The lowest BCUT2D eigenvalue weighted by atomic mass is 9.82. The predicted molar refractivity (Wildman–Crippen MR) is 280 cm³/mol. The van der Waals surface area contributed by atoms with Crippen LogP contribution in [0.3, 0.4) is 0 Å². The molecule has 72 heavy (non-hydrogen) atoms. The molecule has 2 unspecified atom stereocenters. The maximum atomic E-state index is 14.3. The first-order valence-corrected chi connectivity index (χ1v) is 27.2. The third-order valence-corrected chi connectivity index (χ3v) is 12.4. The first-order valence-electron chi connectivity index (χ1n) is 27.2. The van der Waals surface area contributed by atoms with Gasteiger partial charge in [-0.05, 0) is 116 Å². The van der Waals surface area contributed by atoms with E-state index in [1.54, 1.807) is 79.7 Å². The number of aryl methyl sites for hydroxylation is 2. The van der Waals surface area contributed by atoms with Gasteiger partial charge in [-0.2, -0.15) is 0 Å². The van der Waals surface area contributed by atoms with Crippen LogP contribution < -0.4 is 9.47 Å². The number of unbranched alkanes of at least 4 members (excludes halogenated alkanes) is 12. The number of rotatable bonds is 42. The number of carboxylic acid groups (broad SMARTS) is 2. The number of ether oxygens (including phenoxy) is 10. The molecule has 0 fully saturated rings. The van der Waals surface area contributed by atoms with E-state index in [-0.39, 0.29) is 64.4 Å². The summed E-state index contributed by atoms with van der Waals surface area (Å²) in [6, 6.07) is 17.2. The Balaban J connectivity index is 2.76. The molecule has 14 heteroatoms. The average molecular weight is 1010 g/mol. The van der Waals surface area contributed by atoms with Crippen LogP contribution in [0.15, 0.2) is 60.7 Å². The molecule has 3 aromatic carbocycles. The van der Waals surface area contributed by atoms with Crippen molar-refractivity contribution in [3.05, 3.63) is 94.0 Å². The molecule has 0 heterocycles. The second kappa shape index (κ2) is 32.9. The molecule has 0 aromatic heterocycles. The molecule has 0 aliphatic heterocycles. The highest BCUT2D eigenvalue weighted by molar-refractivity contribution is 5.96. The molecule has 406 valence electrons. The summed E-state index contributed by atoms with van der Waals surface area (Å²) in [6.45, 7) is 17.5. The zero-order valence-corrected chi connectivity index (χ0v) is 45.5. The summed E-state index contributed by atoms with van der Waals surface area (Å²) >= 11 is 0. The smallest absolute Gasteiger partial charge is 0.357 e. The lowest BCUT2D eigenvalue weighted by Crippen LogP contribution is -2.67. The van der Waals surface area contributed by atoms with Crippen molar-refractivity contribution < 1.29 is 67.2 Å². The van der Waals surface area contributed by atoms with Gasteiger partial charge in [0.2, 0.25) is 0 Å². The fourth-order valence-corrected chi connectivity index (χ4v) is 9.40. The van der Waals surface area contributed by atoms with E-state index in [2.05, 4.69) is 13.8 Å². The Morgan fingerprint density at radius 2 is 0.653 bits per heavy atom. The van der Waals surface area contributed by atoms with E-state index < -0.39 is 57.7 Å². The summed E-state index contributed by atoms with van der Waals surface area (Å²) in [6.07, 6.45) is 16.3. The highest BCUT2D eigenvalue weighted by atomic mass is 16.9. The first-order chi connectivity index (χ1) is 34.9. The Labute approximate surface area is 431 Å². The molecule has 3 rings (SSSR count). The van der Waals surface area contributed by atoms with Crippen LogP contribution >= 0.6 is 0 Å². The zero-order chi connectivity index (χ0) is 52.9. The average Bonchev–Trinajstić information content (AvgIpc) is 3.36. The number of carboxylic acids is 2. The molecular weight excluding hydrogens is 921 g/mol. The monoisotopic (exact) mass is 1010 g/mol. The molecule has 0 saturated carbocycles. The van der Waals surface area contributed by atoms with Crippen molar-refractivity contribution in [3.63, 3.8) is 0 Å². The number of carbonyl (C=O) groups is 2. The molecule has 14 nitrogen and oxygen atoms in total. The fourth-order valence-electron chi connectivity index (χ4n) is 9.40. The van der Waals surface area contributed by atoms with Gasteiger partial charge in [-0.25, -0.2) is 9.59 Å². The Hall–Kier alpha value is -4.12. The topological polar surface area (TPSA) is 167 Å². The minimum absolute atomic E-state index is 0.0614. The SMILES string of the molecule is CCCCCCCCCc1ccccc1OC(OCC)(c1c(C(=O)O)ccc(C(=O)O)c1C(OCC)(Oc1ccccc1CCCCCCCCC)C(OCC)(OCC)OCC)C(OCC)(OCC)OCC. The molecule has 0 radical (unpaired) electrons. The van der Waals surface area contributed by atoms with Crippen molar-refractivity contribution in [2.24, 2.45) is 0 Å². The maximum Gasteiger partial charge on any atom is 0.357 e. The number of hydrogen-bond donors (Lipinski definition) is 2. The van der Waals surface area contributed by atoms with Crippen LogP contribution in [-0.2, 0) is 62.3 Å². The summed E-state index contributed by atoms with van der Waals surface area (Å²) in [7, 11) is 0. The van der Waals surface area contributed by atoms with Gasteiger partial charge in [-0.15, -0.1) is 0 Å². The van der Waals surface area contributed by atoms with Gasteiger partial charge in [0.15, 0.2) is 0 Å². The van der Waals surface area contributed by atoms with Crippen molar-refractivity contribution in [1.82, 2.24) is 0 Å². The summed E-state index contributed by atoms with van der Waals surface area (Å²) in [4.78, 5) is 28.6. The quantitative estimate of drug-likeness (QED) is 0.0406. The van der Waals surface area contributed by atoms with Crippen LogP contribution in [0.25, 0.3) is 0 Å². The van der Waals surface area contributed by atoms with Crippen LogP contribution in [-0.4, -0.2) is 87.0 Å². The van der Waals surface area contributed by atoms with Gasteiger partial charge in [0.05, 0.1) is 22.3 Å². The number of aromatic carboxylic acids is 2. The number of para-hydroxylation sites is 2. The van der Waals surface area contributed by atoms with Crippen molar-refractivity contribution in [2.45, 2.75) is 195 Å². The van der Waals surface area contributed by atoms with Crippen LogP contribution in [0.1, 0.15) is 202 Å². The van der Waals surface area contributed by atoms with Gasteiger partial charge in [0, 0.05) is 52.9 Å². The summed E-state index contributed by atoms with van der Waals surface area (Å²) in [5.41, 5.74) is -0.225. The minimum Gasteiger partial charge on any atom is -0.478 e. The van der Waals surface area contributed by atoms with Crippen LogP contribution in [0.2, 0.25) is 0 Å². The molecule has 0 saturated heterocycles. The maximum absolute atomic E-state index is 14.3. The van der Waals surface area contributed by atoms with Gasteiger partial charge < -0.3 is 57.6 Å². The molecule has 3 aromatic rings. The third-order valence-electron chi connectivity index (χ3n) is 12.4. The largest absolute Gasteiger partial charge is 0.478 e. The van der Waals surface area contributed by atoms with Crippen LogP contribution in [0, 0.1) is 0 Å². The van der Waals surface area contributed by atoms with Crippen LogP contribution in [0.4, 0.5) is 0 Å². The molecule has 0 aliphatic rings. The predicted octanol–water partition coefficient (Wildman–Crippen LogP) is 13.7. The first kappa shape index (κ1) is 62.2. The second-order valence-electron chi connectivity index (χ2n) is 17.5. The highest BCUT2D eigenvalue weighted by Crippen LogP contribution is 2.54. The molecule has 2 N–H and O–H groups in total. The summed E-state index contributed by atoms with van der Waals surface area (Å²) < 4.78 is 68.7. The molecule has 0 aliphatic carbocycles. The number of benzene rings is 3. The lowest BCUT2D eigenvalue weighted by molar-refractivity contribution is -0.497. The van der Waals surface area contributed by atoms with Crippen molar-refractivity contribution in [1.29, 1.82) is 0 Å². The summed E-state index contributed by atoms with van der Waals surface area (Å²) in [5.74, 6) is -12.6.